The van der Waals surface area contributed by atoms with Crippen molar-refractivity contribution in [3.05, 3.63) is 78.4 Å². The van der Waals surface area contributed by atoms with Gasteiger partial charge in [-0.3, -0.25) is 0 Å². The Bertz CT molecular complexity index is 2020. The number of aromatic amines is 1. The first-order chi connectivity index (χ1) is 17.7. The summed E-state index contributed by atoms with van der Waals surface area (Å²) < 4.78 is 11.1. The van der Waals surface area contributed by atoms with Crippen LogP contribution in [0, 0.1) is 0 Å². The summed E-state index contributed by atoms with van der Waals surface area (Å²) in [4.78, 5) is 27.1. The van der Waals surface area contributed by atoms with E-state index in [4.69, 9.17) is 19.4 Å². The second-order valence-corrected chi connectivity index (χ2v) is 8.81. The van der Waals surface area contributed by atoms with Crippen LogP contribution in [0.5, 0.6) is 5.75 Å². The third-order valence-corrected chi connectivity index (χ3v) is 6.86. The summed E-state index contributed by atoms with van der Waals surface area (Å²) in [6.07, 6.45) is 0. The van der Waals surface area contributed by atoms with Gasteiger partial charge in [-0.2, -0.15) is 0 Å². The van der Waals surface area contributed by atoms with E-state index >= 15 is 0 Å². The molecule has 5 aromatic carbocycles. The Balaban J connectivity index is 1.83. The van der Waals surface area contributed by atoms with Gasteiger partial charge in [0, 0.05) is 26.9 Å². The van der Waals surface area contributed by atoms with Gasteiger partial charge in [-0.15, -0.1) is 0 Å². The molecule has 0 atom stereocenters. The molecule has 0 saturated carbocycles. The summed E-state index contributed by atoms with van der Waals surface area (Å²) in [6.45, 7) is 2.11. The van der Waals surface area contributed by atoms with Crippen LogP contribution in [0.15, 0.2) is 72.8 Å². The quantitative estimate of drug-likeness (QED) is 0.172. The fraction of sp³-hybridized carbons (Fsp3) is 0.100. The van der Waals surface area contributed by atoms with Crippen molar-refractivity contribution >= 4 is 71.4 Å². The van der Waals surface area contributed by atoms with Crippen LogP contribution in [0.4, 0.5) is 0 Å². The molecule has 0 aliphatic carbocycles. The van der Waals surface area contributed by atoms with Crippen LogP contribution < -0.4 is 4.74 Å². The van der Waals surface area contributed by atoms with Gasteiger partial charge in [-0.25, -0.2) is 14.8 Å². The van der Waals surface area contributed by atoms with Crippen LogP contribution in [-0.4, -0.2) is 34.6 Å². The van der Waals surface area contributed by atoms with E-state index < -0.39 is 0 Å². The number of para-hydroxylation sites is 3. The van der Waals surface area contributed by atoms with Crippen LogP contribution in [0.1, 0.15) is 17.3 Å². The Morgan fingerprint density at radius 2 is 1.56 bits per heavy atom. The Morgan fingerprint density at radius 1 is 0.806 bits per heavy atom. The van der Waals surface area contributed by atoms with Gasteiger partial charge < -0.3 is 14.5 Å². The van der Waals surface area contributed by atoms with Crippen molar-refractivity contribution in [1.29, 1.82) is 0 Å². The lowest BCUT2D eigenvalue weighted by molar-refractivity contribution is 0.0529. The molecule has 1 N–H and O–H groups in total. The zero-order valence-electron chi connectivity index (χ0n) is 19.8. The lowest BCUT2D eigenvalue weighted by Crippen LogP contribution is -2.06. The SMILES string of the molecule is CCOC(=O)c1cc2c3ccccc3nc2c2c3[nH]c4ccccc4nc3c3cc(OC)ccc3c12. The number of nitrogens with one attached hydrogen (secondary N) is 1. The van der Waals surface area contributed by atoms with Gasteiger partial charge >= 0.3 is 5.97 Å². The topological polar surface area (TPSA) is 77.1 Å². The van der Waals surface area contributed by atoms with Crippen molar-refractivity contribution in [1.82, 2.24) is 15.0 Å². The summed E-state index contributed by atoms with van der Waals surface area (Å²) in [5.74, 6) is 0.356. The summed E-state index contributed by atoms with van der Waals surface area (Å²) >= 11 is 0. The molecule has 0 bridgehead atoms. The summed E-state index contributed by atoms with van der Waals surface area (Å²) in [5, 5.41) is 5.35. The number of H-pyrrole nitrogens is 1. The van der Waals surface area contributed by atoms with Gasteiger partial charge in [0.2, 0.25) is 0 Å². The van der Waals surface area contributed by atoms with E-state index in [1.165, 1.54) is 0 Å². The smallest absolute Gasteiger partial charge is 0.338 e. The number of hydrogen-bond donors (Lipinski definition) is 1. The second kappa shape index (κ2) is 7.65. The predicted molar refractivity (Wildman–Crippen MR) is 144 cm³/mol. The van der Waals surface area contributed by atoms with Crippen LogP contribution in [-0.2, 0) is 4.74 Å². The highest BCUT2D eigenvalue weighted by atomic mass is 16.5. The Labute approximate surface area is 205 Å². The molecule has 7 rings (SSSR count). The molecule has 0 spiro atoms. The number of hydrogen-bond acceptors (Lipinski definition) is 5. The molecule has 0 aliphatic rings. The zero-order valence-corrected chi connectivity index (χ0v) is 19.8. The summed E-state index contributed by atoms with van der Waals surface area (Å²) in [7, 11) is 1.65. The van der Waals surface area contributed by atoms with Crippen molar-refractivity contribution in [2.45, 2.75) is 6.92 Å². The molecule has 2 heterocycles. The van der Waals surface area contributed by atoms with Gasteiger partial charge in [-0.05, 0) is 54.8 Å². The Morgan fingerprint density at radius 3 is 2.39 bits per heavy atom. The number of nitrogens with zero attached hydrogens (tertiary/aromatic N) is 2. The molecule has 6 nitrogen and oxygen atoms in total. The molecule has 0 fully saturated rings. The fourth-order valence-corrected chi connectivity index (χ4v) is 5.29. The molecular weight excluding hydrogens is 450 g/mol. The van der Waals surface area contributed by atoms with Gasteiger partial charge in [0.05, 0.1) is 52.4 Å². The number of fused-ring (bicyclic) bond motifs is 11. The highest BCUT2D eigenvalue weighted by Crippen LogP contribution is 2.42. The van der Waals surface area contributed by atoms with Crippen LogP contribution in [0.2, 0.25) is 0 Å². The average molecular weight is 472 g/mol. The highest BCUT2D eigenvalue weighted by molar-refractivity contribution is 6.35. The number of methoxy groups -OCH3 is 1. The molecule has 36 heavy (non-hydrogen) atoms. The van der Waals surface area contributed by atoms with Gasteiger partial charge in [0.15, 0.2) is 0 Å². The van der Waals surface area contributed by atoms with Gasteiger partial charge in [-0.1, -0.05) is 30.3 Å². The molecule has 0 aliphatic heterocycles. The van der Waals surface area contributed by atoms with Crippen molar-refractivity contribution in [2.75, 3.05) is 13.7 Å². The first-order valence-corrected chi connectivity index (χ1v) is 11.9. The number of aromatic nitrogens is 3. The van der Waals surface area contributed by atoms with Crippen molar-refractivity contribution < 1.29 is 14.3 Å². The molecule has 0 saturated heterocycles. The molecule has 7 aromatic rings. The minimum atomic E-state index is -0.361. The summed E-state index contributed by atoms with van der Waals surface area (Å²) in [6, 6.07) is 23.7. The molecule has 0 radical (unpaired) electrons. The summed E-state index contributed by atoms with van der Waals surface area (Å²) in [5.41, 5.74) is 5.59. The van der Waals surface area contributed by atoms with Crippen LogP contribution in [0.3, 0.4) is 0 Å². The first kappa shape index (κ1) is 20.6. The number of esters is 1. The Hall–Kier alpha value is -4.71. The highest BCUT2D eigenvalue weighted by Gasteiger charge is 2.23. The minimum absolute atomic E-state index is 0.288. The van der Waals surface area contributed by atoms with E-state index in [9.17, 15) is 4.79 Å². The molecule has 0 unspecified atom stereocenters. The number of carbonyl (C=O) groups excluding carboxylic acids is 1. The maximum Gasteiger partial charge on any atom is 0.338 e. The van der Waals surface area contributed by atoms with E-state index in [1.807, 2.05) is 79.7 Å². The molecule has 2 aromatic heterocycles. The fourth-order valence-electron chi connectivity index (χ4n) is 5.29. The van der Waals surface area contributed by atoms with Crippen LogP contribution >= 0.6 is 0 Å². The van der Waals surface area contributed by atoms with Crippen molar-refractivity contribution in [2.24, 2.45) is 0 Å². The van der Waals surface area contributed by atoms with Crippen molar-refractivity contribution in [3.8, 4) is 5.75 Å². The third kappa shape index (κ3) is 2.81. The second-order valence-electron chi connectivity index (χ2n) is 8.81. The molecular formula is C30H21N3O3. The maximum absolute atomic E-state index is 13.4. The van der Waals surface area contributed by atoms with Gasteiger partial charge in [0.1, 0.15) is 5.75 Å². The molecule has 0 amide bonds. The lowest BCUT2D eigenvalue weighted by atomic mass is 9.93. The number of benzene rings is 5. The monoisotopic (exact) mass is 471 g/mol. The van der Waals surface area contributed by atoms with Gasteiger partial charge in [0.25, 0.3) is 0 Å². The van der Waals surface area contributed by atoms with E-state index in [2.05, 4.69) is 4.98 Å². The number of carbonyl (C=O) groups is 1. The predicted octanol–water partition coefficient (Wildman–Crippen LogP) is 6.91. The first-order valence-electron chi connectivity index (χ1n) is 11.9. The van der Waals surface area contributed by atoms with E-state index in [-0.39, 0.29) is 12.6 Å². The number of ether oxygens (including phenoxy) is 2. The average Bonchev–Trinajstić information content (AvgIpc) is 3.29. The largest absolute Gasteiger partial charge is 0.497 e. The Kier molecular flexibility index (Phi) is 4.39. The van der Waals surface area contributed by atoms with E-state index in [0.29, 0.717) is 11.3 Å². The number of rotatable bonds is 3. The van der Waals surface area contributed by atoms with E-state index in [1.54, 1.807) is 7.11 Å². The molecule has 174 valence electrons. The third-order valence-electron chi connectivity index (χ3n) is 6.86. The zero-order chi connectivity index (χ0) is 24.4. The molecule has 6 heteroatoms. The van der Waals surface area contributed by atoms with Crippen LogP contribution in [0.25, 0.3) is 65.4 Å². The maximum atomic E-state index is 13.4. The minimum Gasteiger partial charge on any atom is -0.497 e. The lowest BCUT2D eigenvalue weighted by Gasteiger charge is -2.15. The van der Waals surface area contributed by atoms with Crippen molar-refractivity contribution in [3.63, 3.8) is 0 Å². The normalized spacial score (nSPS) is 11.8. The standard InChI is InChI=1S/C30H21N3O3/c1-3-36-30(34)21-15-20-17-8-4-5-9-22(17)31-27(20)26-25(21)18-13-12-16(35-2)14-19(18)28-29(26)33-24-11-7-6-10-23(24)32-28/h4-15,33H,3H2,1-2H3. The van der Waals surface area contributed by atoms with E-state index in [0.717, 1.165) is 65.4 Å².